The van der Waals surface area contributed by atoms with E-state index in [1.54, 1.807) is 0 Å². The Morgan fingerprint density at radius 2 is 1.88 bits per heavy atom. The smallest absolute Gasteiger partial charge is 0.338 e. The molecule has 0 spiro atoms. The Labute approximate surface area is 153 Å². The number of nitrogens with one attached hydrogen (secondary N) is 2. The Bertz CT molecular complexity index is 771. The fourth-order valence-electron chi connectivity index (χ4n) is 2.79. The molecule has 9 heteroatoms. The van der Waals surface area contributed by atoms with Crippen LogP contribution in [0.3, 0.4) is 0 Å². The van der Waals surface area contributed by atoms with E-state index in [4.69, 9.17) is 9.47 Å². The van der Waals surface area contributed by atoms with Crippen molar-refractivity contribution in [3.63, 3.8) is 0 Å². The fraction of sp³-hybridized carbons (Fsp3) is 0.529. The second-order valence-corrected chi connectivity index (χ2v) is 7.97. The quantitative estimate of drug-likeness (QED) is 0.684. The third-order valence-corrected chi connectivity index (χ3v) is 5.75. The van der Waals surface area contributed by atoms with Gasteiger partial charge in [-0.05, 0) is 45.0 Å². The average Bonchev–Trinajstić information content (AvgIpc) is 3.13. The van der Waals surface area contributed by atoms with Crippen LogP contribution in [0.15, 0.2) is 23.1 Å². The number of esters is 1. The molecule has 0 aromatic heterocycles. The molecule has 0 unspecified atom stereocenters. The van der Waals surface area contributed by atoms with Gasteiger partial charge in [0.25, 0.3) is 5.91 Å². The van der Waals surface area contributed by atoms with Crippen LogP contribution >= 0.6 is 0 Å². The van der Waals surface area contributed by atoms with Gasteiger partial charge in [0.15, 0.2) is 6.10 Å². The lowest BCUT2D eigenvalue weighted by atomic mass is 10.2. The van der Waals surface area contributed by atoms with Crippen LogP contribution in [0.2, 0.25) is 0 Å². The van der Waals surface area contributed by atoms with Crippen LogP contribution in [0, 0.1) is 0 Å². The molecule has 2 N–H and O–H groups in total. The van der Waals surface area contributed by atoms with Gasteiger partial charge in [0.1, 0.15) is 10.6 Å². The first-order chi connectivity index (χ1) is 12.3. The van der Waals surface area contributed by atoms with E-state index >= 15 is 0 Å². The molecule has 26 heavy (non-hydrogen) atoms. The zero-order valence-corrected chi connectivity index (χ0v) is 15.9. The highest BCUT2D eigenvalue weighted by molar-refractivity contribution is 7.89. The van der Waals surface area contributed by atoms with Crippen molar-refractivity contribution in [2.45, 2.75) is 49.6 Å². The Balaban J connectivity index is 2.11. The van der Waals surface area contributed by atoms with Crippen LogP contribution in [-0.4, -0.2) is 46.6 Å². The molecule has 1 aromatic carbocycles. The Kier molecular flexibility index (Phi) is 6.60. The topological polar surface area (TPSA) is 111 Å². The molecule has 1 aliphatic carbocycles. The highest BCUT2D eigenvalue weighted by Gasteiger charge is 2.25. The van der Waals surface area contributed by atoms with Gasteiger partial charge < -0.3 is 14.8 Å². The van der Waals surface area contributed by atoms with Gasteiger partial charge >= 0.3 is 5.97 Å². The second-order valence-electron chi connectivity index (χ2n) is 6.11. The highest BCUT2D eigenvalue weighted by atomic mass is 32.2. The number of amides is 1. The lowest BCUT2D eigenvalue weighted by Crippen LogP contribution is -2.40. The predicted molar refractivity (Wildman–Crippen MR) is 94.5 cm³/mol. The van der Waals surface area contributed by atoms with E-state index in [0.29, 0.717) is 0 Å². The van der Waals surface area contributed by atoms with Crippen LogP contribution in [0.25, 0.3) is 0 Å². The molecule has 1 fully saturated rings. The standard InChI is InChI=1S/C17H24N2O6S/c1-11(16(20)19-13-6-4-5-7-13)25-17(21)12-8-9-14(24-3)15(10-12)26(22,23)18-2/h8-11,13,18H,4-7H2,1-3H3,(H,19,20)/t11-/m0/s1. The molecule has 1 aromatic rings. The Morgan fingerprint density at radius 1 is 1.23 bits per heavy atom. The molecule has 8 nitrogen and oxygen atoms in total. The number of carbonyl (C=O) groups is 2. The number of sulfonamides is 1. The van der Waals surface area contributed by atoms with Crippen LogP contribution in [0.1, 0.15) is 43.0 Å². The first-order valence-corrected chi connectivity index (χ1v) is 9.89. The summed E-state index contributed by atoms with van der Waals surface area (Å²) in [5.74, 6) is -1.04. The fourth-order valence-corrected chi connectivity index (χ4v) is 3.71. The summed E-state index contributed by atoms with van der Waals surface area (Å²) in [6.45, 7) is 1.48. The van der Waals surface area contributed by atoms with Crippen molar-refractivity contribution in [3.05, 3.63) is 23.8 Å². The summed E-state index contributed by atoms with van der Waals surface area (Å²) in [5.41, 5.74) is 0.0140. The largest absolute Gasteiger partial charge is 0.495 e. The minimum absolute atomic E-state index is 0.0140. The number of hydrogen-bond donors (Lipinski definition) is 2. The van der Waals surface area contributed by atoms with Crippen molar-refractivity contribution in [2.24, 2.45) is 0 Å². The molecular formula is C17H24N2O6S. The van der Waals surface area contributed by atoms with Crippen molar-refractivity contribution < 1.29 is 27.5 Å². The van der Waals surface area contributed by atoms with E-state index in [1.165, 1.54) is 33.2 Å². The summed E-state index contributed by atoms with van der Waals surface area (Å²) >= 11 is 0. The number of benzene rings is 1. The number of ether oxygens (including phenoxy) is 2. The van der Waals surface area contributed by atoms with Crippen LogP contribution in [0.4, 0.5) is 0 Å². The van der Waals surface area contributed by atoms with Gasteiger partial charge in [-0.1, -0.05) is 12.8 Å². The van der Waals surface area contributed by atoms with E-state index in [-0.39, 0.29) is 28.2 Å². The molecular weight excluding hydrogens is 360 g/mol. The van der Waals surface area contributed by atoms with E-state index in [9.17, 15) is 18.0 Å². The number of methoxy groups -OCH3 is 1. The van der Waals surface area contributed by atoms with E-state index < -0.39 is 22.1 Å². The average molecular weight is 384 g/mol. The van der Waals surface area contributed by atoms with E-state index in [0.717, 1.165) is 31.7 Å². The molecule has 0 saturated heterocycles. The Morgan fingerprint density at radius 3 is 2.46 bits per heavy atom. The van der Waals surface area contributed by atoms with Crippen molar-refractivity contribution in [2.75, 3.05) is 14.2 Å². The summed E-state index contributed by atoms with van der Waals surface area (Å²) < 4.78 is 36.5. The van der Waals surface area contributed by atoms with Gasteiger partial charge in [0.2, 0.25) is 10.0 Å². The summed E-state index contributed by atoms with van der Waals surface area (Å²) in [6, 6.07) is 4.04. The molecule has 1 amide bonds. The maximum Gasteiger partial charge on any atom is 0.338 e. The molecule has 0 radical (unpaired) electrons. The first kappa shape index (κ1) is 20.2. The number of carbonyl (C=O) groups excluding carboxylic acids is 2. The van der Waals surface area contributed by atoms with Crippen molar-refractivity contribution in [1.29, 1.82) is 0 Å². The lowest BCUT2D eigenvalue weighted by molar-refractivity contribution is -0.129. The third kappa shape index (κ3) is 4.73. The monoisotopic (exact) mass is 384 g/mol. The van der Waals surface area contributed by atoms with Gasteiger partial charge in [-0.15, -0.1) is 0 Å². The zero-order chi connectivity index (χ0) is 19.3. The maximum atomic E-state index is 12.3. The molecule has 1 aliphatic rings. The van der Waals surface area contributed by atoms with Crippen molar-refractivity contribution in [1.82, 2.24) is 10.0 Å². The predicted octanol–water partition coefficient (Wildman–Crippen LogP) is 1.21. The lowest BCUT2D eigenvalue weighted by Gasteiger charge is -2.17. The second kappa shape index (κ2) is 8.50. The molecule has 0 bridgehead atoms. The van der Waals surface area contributed by atoms with E-state index in [1.807, 2.05) is 0 Å². The highest BCUT2D eigenvalue weighted by Crippen LogP contribution is 2.25. The molecule has 2 rings (SSSR count). The SMILES string of the molecule is CNS(=O)(=O)c1cc(C(=O)O[C@@H](C)C(=O)NC2CCCC2)ccc1OC. The molecule has 1 saturated carbocycles. The van der Waals surface area contributed by atoms with Gasteiger partial charge in [0, 0.05) is 6.04 Å². The summed E-state index contributed by atoms with van der Waals surface area (Å²) in [4.78, 5) is 24.2. The number of rotatable bonds is 7. The van der Waals surface area contributed by atoms with Gasteiger partial charge in [-0.3, -0.25) is 4.79 Å². The maximum absolute atomic E-state index is 12.3. The van der Waals surface area contributed by atoms with Gasteiger partial charge in [0.05, 0.1) is 12.7 Å². The van der Waals surface area contributed by atoms with Crippen molar-refractivity contribution >= 4 is 21.9 Å². The zero-order valence-electron chi connectivity index (χ0n) is 15.1. The summed E-state index contributed by atoms with van der Waals surface area (Å²) in [5, 5.41) is 2.86. The Hall–Kier alpha value is -2.13. The molecule has 0 aliphatic heterocycles. The first-order valence-electron chi connectivity index (χ1n) is 8.41. The van der Waals surface area contributed by atoms with Crippen LogP contribution < -0.4 is 14.8 Å². The molecule has 1 atom stereocenters. The third-order valence-electron chi connectivity index (χ3n) is 4.31. The summed E-state index contributed by atoms with van der Waals surface area (Å²) in [6.07, 6.45) is 3.03. The molecule has 144 valence electrons. The minimum atomic E-state index is -3.82. The minimum Gasteiger partial charge on any atom is -0.495 e. The van der Waals surface area contributed by atoms with Gasteiger partial charge in [-0.25, -0.2) is 17.9 Å². The molecule has 0 heterocycles. The van der Waals surface area contributed by atoms with Crippen molar-refractivity contribution in [3.8, 4) is 5.75 Å². The summed E-state index contributed by atoms with van der Waals surface area (Å²) in [7, 11) is -1.23. The number of hydrogen-bond acceptors (Lipinski definition) is 6. The van der Waals surface area contributed by atoms with E-state index in [2.05, 4.69) is 10.0 Å². The van der Waals surface area contributed by atoms with Crippen LogP contribution in [0.5, 0.6) is 5.75 Å². The van der Waals surface area contributed by atoms with Crippen LogP contribution in [-0.2, 0) is 19.6 Å². The normalized spacial score (nSPS) is 16.1. The van der Waals surface area contributed by atoms with Gasteiger partial charge in [-0.2, -0.15) is 0 Å².